The van der Waals surface area contributed by atoms with E-state index in [1.165, 1.54) is 27.8 Å². The van der Waals surface area contributed by atoms with E-state index in [4.69, 9.17) is 4.74 Å². The first kappa shape index (κ1) is 18.0. The van der Waals surface area contributed by atoms with Gasteiger partial charge in [0.25, 0.3) is 0 Å². The number of aliphatic hydroxyl groups excluding tert-OH is 1. The number of likely N-dealkylation sites (tertiary alicyclic amines) is 1. The van der Waals surface area contributed by atoms with E-state index in [0.717, 1.165) is 38.2 Å². The molecule has 3 rings (SSSR count). The molecule has 0 aromatic heterocycles. The van der Waals surface area contributed by atoms with Crippen LogP contribution in [0.2, 0.25) is 0 Å². The van der Waals surface area contributed by atoms with Crippen molar-refractivity contribution < 1.29 is 9.84 Å². The number of rotatable bonds is 6. The number of nitrogens with zero attached hydrogens (tertiary/aromatic N) is 1. The van der Waals surface area contributed by atoms with Gasteiger partial charge in [-0.25, -0.2) is 0 Å². The molecule has 25 heavy (non-hydrogen) atoms. The molecule has 134 valence electrons. The average molecular weight is 339 g/mol. The predicted molar refractivity (Wildman–Crippen MR) is 103 cm³/mol. The van der Waals surface area contributed by atoms with E-state index in [9.17, 15) is 5.11 Å². The summed E-state index contributed by atoms with van der Waals surface area (Å²) in [7, 11) is 0. The fourth-order valence-corrected chi connectivity index (χ4v) is 3.74. The molecule has 1 aliphatic heterocycles. The van der Waals surface area contributed by atoms with Crippen molar-refractivity contribution in [2.24, 2.45) is 0 Å². The number of ether oxygens (including phenoxy) is 1. The summed E-state index contributed by atoms with van der Waals surface area (Å²) in [5.41, 5.74) is 6.36. The van der Waals surface area contributed by atoms with Crippen molar-refractivity contribution in [1.82, 2.24) is 4.90 Å². The molecule has 1 fully saturated rings. The van der Waals surface area contributed by atoms with Crippen molar-refractivity contribution in [2.75, 3.05) is 26.2 Å². The molecular formula is C22H29NO2. The van der Waals surface area contributed by atoms with Crippen LogP contribution in [-0.2, 0) is 0 Å². The molecule has 1 N–H and O–H groups in total. The second-order valence-corrected chi connectivity index (χ2v) is 7.14. The highest BCUT2D eigenvalue weighted by Gasteiger charge is 2.19. The van der Waals surface area contributed by atoms with Crippen LogP contribution in [0, 0.1) is 20.8 Å². The molecule has 1 aliphatic rings. The normalized spacial score (nSPS) is 17.8. The van der Waals surface area contributed by atoms with E-state index < -0.39 is 0 Å². The van der Waals surface area contributed by atoms with Gasteiger partial charge in [0.15, 0.2) is 0 Å². The van der Waals surface area contributed by atoms with Gasteiger partial charge < -0.3 is 14.7 Å². The standard InChI is InChI=1S/C22H29NO2/c1-16-7-4-5-8-20(16)22-17(2)9-10-21(18(22)3)25-14-6-12-23-13-11-19(24)15-23/h4-5,7-10,19,24H,6,11-15H2,1-3H3/t19-/m1/s1. The van der Waals surface area contributed by atoms with Crippen molar-refractivity contribution in [2.45, 2.75) is 39.7 Å². The predicted octanol–water partition coefficient (Wildman–Crippen LogP) is 4.11. The lowest BCUT2D eigenvalue weighted by Gasteiger charge is -2.18. The lowest BCUT2D eigenvalue weighted by Crippen LogP contribution is -2.24. The lowest BCUT2D eigenvalue weighted by molar-refractivity contribution is 0.173. The van der Waals surface area contributed by atoms with Crippen molar-refractivity contribution in [3.8, 4) is 16.9 Å². The molecule has 2 aromatic carbocycles. The van der Waals surface area contributed by atoms with Gasteiger partial charge in [0, 0.05) is 19.6 Å². The van der Waals surface area contributed by atoms with Gasteiger partial charge in [-0.3, -0.25) is 0 Å². The Hall–Kier alpha value is -1.84. The molecule has 0 saturated carbocycles. The summed E-state index contributed by atoms with van der Waals surface area (Å²) in [5.74, 6) is 0.977. The van der Waals surface area contributed by atoms with Crippen LogP contribution in [0.1, 0.15) is 29.5 Å². The van der Waals surface area contributed by atoms with E-state index in [-0.39, 0.29) is 6.10 Å². The summed E-state index contributed by atoms with van der Waals surface area (Å²) < 4.78 is 6.09. The molecule has 1 saturated heterocycles. The van der Waals surface area contributed by atoms with Gasteiger partial charge in [0.2, 0.25) is 0 Å². The monoisotopic (exact) mass is 339 g/mol. The maximum atomic E-state index is 9.58. The molecule has 1 heterocycles. The summed E-state index contributed by atoms with van der Waals surface area (Å²) in [4.78, 5) is 2.31. The molecule has 0 spiro atoms. The number of aryl methyl sites for hydroxylation is 2. The van der Waals surface area contributed by atoms with Crippen molar-refractivity contribution in [3.05, 3.63) is 53.1 Å². The van der Waals surface area contributed by atoms with Crippen LogP contribution in [0.15, 0.2) is 36.4 Å². The van der Waals surface area contributed by atoms with Crippen LogP contribution in [0.25, 0.3) is 11.1 Å². The molecule has 0 unspecified atom stereocenters. The first-order valence-electron chi connectivity index (χ1n) is 9.25. The first-order chi connectivity index (χ1) is 12.1. The Bertz CT molecular complexity index is 726. The third-order valence-corrected chi connectivity index (χ3v) is 5.16. The zero-order valence-corrected chi connectivity index (χ0v) is 15.6. The largest absolute Gasteiger partial charge is 0.493 e. The Balaban J connectivity index is 1.66. The van der Waals surface area contributed by atoms with Crippen LogP contribution in [0.5, 0.6) is 5.75 Å². The highest BCUT2D eigenvalue weighted by molar-refractivity contribution is 5.75. The Labute approximate surface area is 151 Å². The average Bonchev–Trinajstić information content (AvgIpc) is 3.00. The molecule has 2 aromatic rings. The Morgan fingerprint density at radius 3 is 2.60 bits per heavy atom. The number of benzene rings is 2. The highest BCUT2D eigenvalue weighted by atomic mass is 16.5. The van der Waals surface area contributed by atoms with Crippen LogP contribution < -0.4 is 4.74 Å². The SMILES string of the molecule is Cc1ccccc1-c1c(C)ccc(OCCCN2CC[C@@H](O)C2)c1C. The number of hydrogen-bond donors (Lipinski definition) is 1. The van der Waals surface area contributed by atoms with E-state index in [1.54, 1.807) is 0 Å². The third-order valence-electron chi connectivity index (χ3n) is 5.16. The fraction of sp³-hybridized carbons (Fsp3) is 0.455. The van der Waals surface area contributed by atoms with Gasteiger partial charge >= 0.3 is 0 Å². The van der Waals surface area contributed by atoms with Gasteiger partial charge in [-0.05, 0) is 67.5 Å². The Morgan fingerprint density at radius 2 is 1.88 bits per heavy atom. The zero-order chi connectivity index (χ0) is 17.8. The number of hydrogen-bond acceptors (Lipinski definition) is 3. The maximum absolute atomic E-state index is 9.58. The number of aliphatic hydroxyl groups is 1. The van der Waals surface area contributed by atoms with Gasteiger partial charge in [-0.15, -0.1) is 0 Å². The summed E-state index contributed by atoms with van der Waals surface area (Å²) in [6.07, 6.45) is 1.74. The van der Waals surface area contributed by atoms with Gasteiger partial charge in [0.1, 0.15) is 5.75 Å². The van der Waals surface area contributed by atoms with E-state index in [2.05, 4.69) is 62.1 Å². The molecule has 3 heteroatoms. The Morgan fingerprint density at radius 1 is 1.08 bits per heavy atom. The number of β-amino-alcohol motifs (C(OH)–C–C–N with tert-alkyl or cyclic N) is 1. The molecule has 0 amide bonds. The summed E-state index contributed by atoms with van der Waals surface area (Å²) in [6, 6.07) is 12.8. The molecule has 0 radical (unpaired) electrons. The highest BCUT2D eigenvalue weighted by Crippen LogP contribution is 2.34. The van der Waals surface area contributed by atoms with E-state index in [1.807, 2.05) is 0 Å². The summed E-state index contributed by atoms with van der Waals surface area (Å²) in [6.45, 7) is 9.99. The topological polar surface area (TPSA) is 32.7 Å². The van der Waals surface area contributed by atoms with Crippen LogP contribution in [0.3, 0.4) is 0 Å². The van der Waals surface area contributed by atoms with Crippen molar-refractivity contribution in [1.29, 1.82) is 0 Å². The fourth-order valence-electron chi connectivity index (χ4n) is 3.74. The summed E-state index contributed by atoms with van der Waals surface area (Å²) >= 11 is 0. The maximum Gasteiger partial charge on any atom is 0.122 e. The van der Waals surface area contributed by atoms with Crippen LogP contribution in [-0.4, -0.2) is 42.4 Å². The minimum absolute atomic E-state index is 0.142. The van der Waals surface area contributed by atoms with Gasteiger partial charge in [-0.2, -0.15) is 0 Å². The second kappa shape index (κ2) is 8.03. The minimum atomic E-state index is -0.142. The van der Waals surface area contributed by atoms with Gasteiger partial charge in [0.05, 0.1) is 12.7 Å². The quantitative estimate of drug-likeness (QED) is 0.804. The lowest BCUT2D eigenvalue weighted by atomic mass is 9.92. The molecule has 1 atom stereocenters. The molecular weight excluding hydrogens is 310 g/mol. The summed E-state index contributed by atoms with van der Waals surface area (Å²) in [5, 5.41) is 9.58. The van der Waals surface area contributed by atoms with E-state index >= 15 is 0 Å². The van der Waals surface area contributed by atoms with E-state index in [0.29, 0.717) is 6.61 Å². The van der Waals surface area contributed by atoms with Crippen LogP contribution >= 0.6 is 0 Å². The second-order valence-electron chi connectivity index (χ2n) is 7.14. The third kappa shape index (κ3) is 4.23. The minimum Gasteiger partial charge on any atom is -0.493 e. The molecule has 3 nitrogen and oxygen atoms in total. The van der Waals surface area contributed by atoms with Crippen molar-refractivity contribution >= 4 is 0 Å². The zero-order valence-electron chi connectivity index (χ0n) is 15.6. The molecule has 0 bridgehead atoms. The Kier molecular flexibility index (Phi) is 5.77. The van der Waals surface area contributed by atoms with Crippen LogP contribution in [0.4, 0.5) is 0 Å². The van der Waals surface area contributed by atoms with Crippen molar-refractivity contribution in [3.63, 3.8) is 0 Å². The molecule has 0 aliphatic carbocycles. The van der Waals surface area contributed by atoms with Gasteiger partial charge in [-0.1, -0.05) is 30.3 Å². The smallest absolute Gasteiger partial charge is 0.122 e. The first-order valence-corrected chi connectivity index (χ1v) is 9.25.